The molecule has 1 saturated heterocycles. The lowest BCUT2D eigenvalue weighted by molar-refractivity contribution is 0.177. The van der Waals surface area contributed by atoms with E-state index in [0.29, 0.717) is 0 Å². The molecule has 0 amide bonds. The van der Waals surface area contributed by atoms with Gasteiger partial charge in [-0.1, -0.05) is 6.07 Å². The van der Waals surface area contributed by atoms with E-state index in [0.717, 1.165) is 48.6 Å². The van der Waals surface area contributed by atoms with E-state index in [1.54, 1.807) is 0 Å². The smallest absolute Gasteiger partial charge is 0.104 e. The first-order chi connectivity index (χ1) is 8.74. The van der Waals surface area contributed by atoms with Gasteiger partial charge < -0.3 is 16.0 Å². The number of hydrogen-bond donors (Lipinski definition) is 3. The second kappa shape index (κ2) is 4.68. The van der Waals surface area contributed by atoms with Gasteiger partial charge in [0.25, 0.3) is 0 Å². The van der Waals surface area contributed by atoms with Gasteiger partial charge in [-0.3, -0.25) is 4.90 Å². The average Bonchev–Trinajstić information content (AvgIpc) is 2.78. The summed E-state index contributed by atoms with van der Waals surface area (Å²) in [7, 11) is 0. The third kappa shape index (κ3) is 2.12. The predicted octanol–water partition coefficient (Wildman–Crippen LogP) is 0.734. The maximum absolute atomic E-state index is 6.33. The molecule has 96 valence electrons. The molecule has 18 heavy (non-hydrogen) atoms. The van der Waals surface area contributed by atoms with E-state index in [9.17, 15) is 0 Å². The van der Waals surface area contributed by atoms with E-state index in [4.69, 9.17) is 5.73 Å². The van der Waals surface area contributed by atoms with Gasteiger partial charge in [0.1, 0.15) is 5.82 Å². The third-order valence-corrected chi connectivity index (χ3v) is 3.51. The molecule has 1 aliphatic heterocycles. The van der Waals surface area contributed by atoms with E-state index < -0.39 is 0 Å². The lowest BCUT2D eigenvalue weighted by atomic mass is 10.1. The zero-order chi connectivity index (χ0) is 12.5. The van der Waals surface area contributed by atoms with Crippen molar-refractivity contribution in [1.82, 2.24) is 20.2 Å². The number of benzene rings is 1. The van der Waals surface area contributed by atoms with Gasteiger partial charge in [0, 0.05) is 26.2 Å². The van der Waals surface area contributed by atoms with E-state index >= 15 is 0 Å². The highest BCUT2D eigenvalue weighted by atomic mass is 15.3. The van der Waals surface area contributed by atoms with Crippen molar-refractivity contribution in [2.24, 2.45) is 5.73 Å². The lowest BCUT2D eigenvalue weighted by Gasteiger charge is -2.32. The highest BCUT2D eigenvalue weighted by Crippen LogP contribution is 2.20. The summed E-state index contributed by atoms with van der Waals surface area (Å²) in [6, 6.07) is 6.23. The number of rotatable bonds is 2. The molecule has 0 bridgehead atoms. The number of H-pyrrole nitrogens is 1. The minimum absolute atomic E-state index is 0.0277. The number of aromatic amines is 1. The average molecular weight is 245 g/mol. The van der Waals surface area contributed by atoms with Crippen LogP contribution >= 0.6 is 0 Å². The van der Waals surface area contributed by atoms with Crippen molar-refractivity contribution < 1.29 is 0 Å². The predicted molar refractivity (Wildman–Crippen MR) is 72.2 cm³/mol. The summed E-state index contributed by atoms with van der Waals surface area (Å²) in [6.07, 6.45) is -0.0277. The Morgan fingerprint density at radius 2 is 2.11 bits per heavy atom. The molecule has 5 nitrogen and oxygen atoms in total. The first-order valence-electron chi connectivity index (χ1n) is 6.41. The highest BCUT2D eigenvalue weighted by Gasteiger charge is 2.18. The Hall–Kier alpha value is -1.43. The second-order valence-electron chi connectivity index (χ2n) is 4.83. The Labute approximate surface area is 106 Å². The van der Waals surface area contributed by atoms with E-state index in [1.165, 1.54) is 0 Å². The van der Waals surface area contributed by atoms with Crippen molar-refractivity contribution in [1.29, 1.82) is 0 Å². The Balaban J connectivity index is 1.88. The largest absolute Gasteiger partial charge is 0.342 e. The normalized spacial score (nSPS) is 19.2. The standard InChI is InChI=1S/C13H19N5/c1-9-16-11-3-2-10(8-12(11)17-9)13(14)18-6-4-15-5-7-18/h2-3,8,13,15H,4-7,14H2,1H3,(H,16,17). The quantitative estimate of drug-likeness (QED) is 0.729. The molecule has 2 heterocycles. The van der Waals surface area contributed by atoms with Crippen molar-refractivity contribution >= 4 is 11.0 Å². The molecule has 1 unspecified atom stereocenters. The van der Waals surface area contributed by atoms with Crippen molar-refractivity contribution in [2.45, 2.75) is 13.1 Å². The number of fused-ring (bicyclic) bond motifs is 1. The summed E-state index contributed by atoms with van der Waals surface area (Å²) in [5.41, 5.74) is 9.55. The Bertz CT molecular complexity index is 541. The van der Waals surface area contributed by atoms with Gasteiger partial charge in [-0.15, -0.1) is 0 Å². The number of nitrogens with zero attached hydrogens (tertiary/aromatic N) is 2. The fourth-order valence-electron chi connectivity index (χ4n) is 2.51. The first-order valence-corrected chi connectivity index (χ1v) is 6.41. The Kier molecular flexibility index (Phi) is 3.03. The van der Waals surface area contributed by atoms with Crippen molar-refractivity contribution in [3.8, 4) is 0 Å². The number of nitrogens with one attached hydrogen (secondary N) is 2. The molecular formula is C13H19N5. The number of hydrogen-bond acceptors (Lipinski definition) is 4. The first kappa shape index (κ1) is 11.6. The molecule has 1 aromatic carbocycles. The summed E-state index contributed by atoms with van der Waals surface area (Å²) in [5.74, 6) is 0.942. The lowest BCUT2D eigenvalue weighted by Crippen LogP contribution is -2.47. The molecular weight excluding hydrogens is 226 g/mol. The van der Waals surface area contributed by atoms with Crippen LogP contribution in [0.5, 0.6) is 0 Å². The van der Waals surface area contributed by atoms with E-state index in [1.807, 2.05) is 13.0 Å². The molecule has 1 atom stereocenters. The van der Waals surface area contributed by atoms with Gasteiger partial charge in [-0.05, 0) is 24.6 Å². The molecule has 3 rings (SSSR count). The maximum Gasteiger partial charge on any atom is 0.104 e. The van der Waals surface area contributed by atoms with Crippen LogP contribution in [0, 0.1) is 6.92 Å². The van der Waals surface area contributed by atoms with Gasteiger partial charge in [-0.25, -0.2) is 4.98 Å². The van der Waals surface area contributed by atoms with Crippen LogP contribution < -0.4 is 11.1 Å². The third-order valence-electron chi connectivity index (χ3n) is 3.51. The number of imidazole rings is 1. The van der Waals surface area contributed by atoms with Crippen LogP contribution in [-0.2, 0) is 0 Å². The monoisotopic (exact) mass is 245 g/mol. The van der Waals surface area contributed by atoms with Crippen LogP contribution in [0.1, 0.15) is 17.6 Å². The molecule has 4 N–H and O–H groups in total. The molecule has 2 aromatic rings. The van der Waals surface area contributed by atoms with Gasteiger partial charge in [-0.2, -0.15) is 0 Å². The molecule has 1 aromatic heterocycles. The van der Waals surface area contributed by atoms with Crippen molar-refractivity contribution in [2.75, 3.05) is 26.2 Å². The second-order valence-corrected chi connectivity index (χ2v) is 4.83. The van der Waals surface area contributed by atoms with Crippen LogP contribution in [0.3, 0.4) is 0 Å². The van der Waals surface area contributed by atoms with Crippen LogP contribution in [0.15, 0.2) is 18.2 Å². The van der Waals surface area contributed by atoms with Gasteiger partial charge in [0.2, 0.25) is 0 Å². The molecule has 1 fully saturated rings. The molecule has 0 radical (unpaired) electrons. The summed E-state index contributed by atoms with van der Waals surface area (Å²) in [6.45, 7) is 6.00. The Morgan fingerprint density at radius 1 is 1.33 bits per heavy atom. The minimum Gasteiger partial charge on any atom is -0.342 e. The molecule has 0 aliphatic carbocycles. The van der Waals surface area contributed by atoms with Crippen LogP contribution in [-0.4, -0.2) is 41.0 Å². The van der Waals surface area contributed by atoms with Crippen LogP contribution in [0.2, 0.25) is 0 Å². The zero-order valence-electron chi connectivity index (χ0n) is 10.6. The minimum atomic E-state index is -0.0277. The van der Waals surface area contributed by atoms with Gasteiger partial charge in [0.05, 0.1) is 17.2 Å². The SMILES string of the molecule is Cc1nc2ccc(C(N)N3CCNCC3)cc2[nH]1. The number of aromatic nitrogens is 2. The molecule has 0 spiro atoms. The summed E-state index contributed by atoms with van der Waals surface area (Å²) < 4.78 is 0. The van der Waals surface area contributed by atoms with Gasteiger partial charge >= 0.3 is 0 Å². The number of aryl methyl sites for hydroxylation is 1. The van der Waals surface area contributed by atoms with E-state index in [-0.39, 0.29) is 6.17 Å². The number of nitrogens with two attached hydrogens (primary N) is 1. The maximum atomic E-state index is 6.33. The van der Waals surface area contributed by atoms with E-state index in [2.05, 4.69) is 32.3 Å². The Morgan fingerprint density at radius 3 is 2.89 bits per heavy atom. The fraction of sp³-hybridized carbons (Fsp3) is 0.462. The summed E-state index contributed by atoms with van der Waals surface area (Å²) in [5, 5.41) is 3.34. The van der Waals surface area contributed by atoms with Crippen molar-refractivity contribution in [3.63, 3.8) is 0 Å². The summed E-state index contributed by atoms with van der Waals surface area (Å²) >= 11 is 0. The molecule has 0 saturated carbocycles. The highest BCUT2D eigenvalue weighted by molar-refractivity contribution is 5.75. The van der Waals surface area contributed by atoms with Crippen LogP contribution in [0.4, 0.5) is 0 Å². The molecule has 5 heteroatoms. The fourth-order valence-corrected chi connectivity index (χ4v) is 2.51. The zero-order valence-corrected chi connectivity index (χ0v) is 10.6. The van der Waals surface area contributed by atoms with Gasteiger partial charge in [0.15, 0.2) is 0 Å². The van der Waals surface area contributed by atoms with Crippen LogP contribution in [0.25, 0.3) is 11.0 Å². The number of piperazine rings is 1. The summed E-state index contributed by atoms with van der Waals surface area (Å²) in [4.78, 5) is 9.97. The van der Waals surface area contributed by atoms with Crippen molar-refractivity contribution in [3.05, 3.63) is 29.6 Å². The molecule has 1 aliphatic rings. The topological polar surface area (TPSA) is 70.0 Å².